The van der Waals surface area contributed by atoms with Gasteiger partial charge in [-0.3, -0.25) is 4.79 Å². The molecule has 26 heavy (non-hydrogen) atoms. The average Bonchev–Trinajstić information content (AvgIpc) is 3.04. The summed E-state index contributed by atoms with van der Waals surface area (Å²) in [6.45, 7) is 7.68. The van der Waals surface area contributed by atoms with Gasteiger partial charge >= 0.3 is 0 Å². The maximum Gasteiger partial charge on any atom is 0.162 e. The van der Waals surface area contributed by atoms with E-state index in [0.29, 0.717) is 36.1 Å². The van der Waals surface area contributed by atoms with E-state index in [9.17, 15) is 18.3 Å². The van der Waals surface area contributed by atoms with Gasteiger partial charge in [-0.1, -0.05) is 13.8 Å². The van der Waals surface area contributed by atoms with E-state index in [1.807, 2.05) is 13.8 Å². The van der Waals surface area contributed by atoms with Gasteiger partial charge in [0.1, 0.15) is 14.8 Å². The lowest BCUT2D eigenvalue weighted by molar-refractivity contribution is -0.120. The minimum atomic E-state index is -3.59. The molecule has 1 aromatic heterocycles. The number of carbonyl (C=O) groups is 1. The van der Waals surface area contributed by atoms with Crippen molar-refractivity contribution in [3.8, 4) is 0 Å². The molecule has 0 bridgehead atoms. The van der Waals surface area contributed by atoms with E-state index in [0.717, 1.165) is 0 Å². The molecule has 0 saturated carbocycles. The number of sulfone groups is 1. The molecule has 0 aliphatic carbocycles. The Morgan fingerprint density at radius 2 is 1.85 bits per heavy atom. The number of carbonyl (C=O) groups excluding carboxylic acids is 1. The zero-order chi connectivity index (χ0) is 19.6. The Morgan fingerprint density at radius 1 is 1.23 bits per heavy atom. The molecule has 0 amide bonds. The molecule has 0 spiro atoms. The number of nitrogens with zero attached hydrogens (tertiary/aromatic N) is 2. The van der Waals surface area contributed by atoms with E-state index in [2.05, 4.69) is 10.2 Å². The Hall–Kier alpha value is -0.900. The summed E-state index contributed by atoms with van der Waals surface area (Å²) in [5, 5.41) is 18.6. The third kappa shape index (κ3) is 4.68. The summed E-state index contributed by atoms with van der Waals surface area (Å²) in [4.78, 5) is 12.7. The van der Waals surface area contributed by atoms with Crippen molar-refractivity contribution < 1.29 is 23.1 Å². The van der Waals surface area contributed by atoms with Gasteiger partial charge in [0.05, 0.1) is 18.8 Å². The SMILES string of the molecule is CC(C)(CO)c1nnc(CC(=O)C(C)(C)S(=O)(=O)CC2CCOCC2)s1. The number of ether oxygens (including phenoxy) is 1. The van der Waals surface area contributed by atoms with E-state index in [1.54, 1.807) is 0 Å². The maximum atomic E-state index is 12.8. The Morgan fingerprint density at radius 3 is 2.42 bits per heavy atom. The van der Waals surface area contributed by atoms with E-state index >= 15 is 0 Å². The van der Waals surface area contributed by atoms with Crippen LogP contribution >= 0.6 is 11.3 Å². The second-order valence-electron chi connectivity index (χ2n) is 7.99. The molecule has 2 rings (SSSR count). The smallest absolute Gasteiger partial charge is 0.162 e. The number of aliphatic hydroxyl groups excluding tert-OH is 1. The quantitative estimate of drug-likeness (QED) is 0.700. The van der Waals surface area contributed by atoms with E-state index in [1.165, 1.54) is 25.2 Å². The van der Waals surface area contributed by atoms with Crippen molar-refractivity contribution >= 4 is 27.0 Å². The third-order valence-electron chi connectivity index (χ3n) is 5.00. The van der Waals surface area contributed by atoms with Crippen molar-refractivity contribution in [3.05, 3.63) is 10.0 Å². The minimum absolute atomic E-state index is 0.00795. The summed E-state index contributed by atoms with van der Waals surface area (Å²) in [5.41, 5.74) is -0.538. The lowest BCUT2D eigenvalue weighted by atomic mass is 9.96. The van der Waals surface area contributed by atoms with Crippen LogP contribution in [0.5, 0.6) is 0 Å². The van der Waals surface area contributed by atoms with Gasteiger partial charge in [0.25, 0.3) is 0 Å². The molecule has 1 aromatic rings. The van der Waals surface area contributed by atoms with E-state index in [4.69, 9.17) is 4.74 Å². The van der Waals surface area contributed by atoms with Crippen LogP contribution in [0.4, 0.5) is 0 Å². The first-order valence-corrected chi connectivity index (χ1v) is 11.2. The molecular formula is C17H28N2O5S2. The first-order valence-electron chi connectivity index (χ1n) is 8.76. The highest BCUT2D eigenvalue weighted by atomic mass is 32.2. The van der Waals surface area contributed by atoms with Crippen LogP contribution in [0, 0.1) is 5.92 Å². The highest BCUT2D eigenvalue weighted by molar-refractivity contribution is 7.93. The predicted molar refractivity (Wildman–Crippen MR) is 100 cm³/mol. The van der Waals surface area contributed by atoms with Crippen LogP contribution in [-0.4, -0.2) is 59.8 Å². The summed E-state index contributed by atoms with van der Waals surface area (Å²) >= 11 is 1.24. The first kappa shape index (κ1) is 21.4. The molecule has 1 fully saturated rings. The minimum Gasteiger partial charge on any atom is -0.395 e. The normalized spacial score (nSPS) is 17.4. The summed E-state index contributed by atoms with van der Waals surface area (Å²) in [6.07, 6.45) is 1.35. The molecule has 1 saturated heterocycles. The Bertz CT molecular complexity index is 734. The van der Waals surface area contributed by atoms with Crippen LogP contribution in [0.15, 0.2) is 0 Å². The maximum absolute atomic E-state index is 12.8. The molecule has 9 heteroatoms. The van der Waals surface area contributed by atoms with Crippen LogP contribution in [-0.2, 0) is 31.2 Å². The standard InChI is InChI=1S/C17H28N2O5S2/c1-16(2,11-20)15-19-18-14(25-15)9-13(21)17(3,4)26(22,23)10-12-5-7-24-8-6-12/h12,20H,5-11H2,1-4H3. The fourth-order valence-corrected chi connectivity index (χ4v) is 5.34. The van der Waals surface area contributed by atoms with Gasteiger partial charge in [0, 0.05) is 18.6 Å². The topological polar surface area (TPSA) is 106 Å². The van der Waals surface area contributed by atoms with Gasteiger partial charge in [-0.15, -0.1) is 21.5 Å². The van der Waals surface area contributed by atoms with Crippen molar-refractivity contribution in [3.63, 3.8) is 0 Å². The molecule has 0 unspecified atom stereocenters. The van der Waals surface area contributed by atoms with Crippen molar-refractivity contribution in [1.29, 1.82) is 0 Å². The second-order valence-corrected chi connectivity index (χ2v) is 11.6. The lowest BCUT2D eigenvalue weighted by Crippen LogP contribution is -2.44. The molecule has 0 radical (unpaired) electrons. The van der Waals surface area contributed by atoms with Crippen LogP contribution in [0.1, 0.15) is 50.6 Å². The van der Waals surface area contributed by atoms with Crippen LogP contribution < -0.4 is 0 Å². The van der Waals surface area contributed by atoms with Gasteiger partial charge in [0.15, 0.2) is 15.6 Å². The molecular weight excluding hydrogens is 376 g/mol. The molecule has 1 aliphatic heterocycles. The number of rotatable bonds is 8. The lowest BCUT2D eigenvalue weighted by Gasteiger charge is -2.28. The van der Waals surface area contributed by atoms with Crippen molar-refractivity contribution in [2.75, 3.05) is 25.6 Å². The molecule has 1 N–H and O–H groups in total. The highest BCUT2D eigenvalue weighted by Gasteiger charge is 2.42. The van der Waals surface area contributed by atoms with Gasteiger partial charge < -0.3 is 9.84 Å². The predicted octanol–water partition coefficient (Wildman–Crippen LogP) is 1.54. The Balaban J connectivity index is 2.09. The van der Waals surface area contributed by atoms with Crippen LogP contribution in [0.3, 0.4) is 0 Å². The zero-order valence-electron chi connectivity index (χ0n) is 15.8. The number of Topliss-reactive ketones (excluding diaryl/α,β-unsaturated/α-hetero) is 1. The molecule has 0 atom stereocenters. The summed E-state index contributed by atoms with van der Waals surface area (Å²) in [6, 6.07) is 0. The summed E-state index contributed by atoms with van der Waals surface area (Å²) < 4.78 is 29.5. The van der Waals surface area contributed by atoms with Gasteiger partial charge in [-0.25, -0.2) is 8.42 Å². The number of ketones is 1. The molecule has 7 nitrogen and oxygen atoms in total. The molecule has 148 valence electrons. The highest BCUT2D eigenvalue weighted by Crippen LogP contribution is 2.29. The summed E-state index contributed by atoms with van der Waals surface area (Å²) in [7, 11) is -3.59. The summed E-state index contributed by atoms with van der Waals surface area (Å²) in [5.74, 6) is -0.332. The largest absolute Gasteiger partial charge is 0.395 e. The van der Waals surface area contributed by atoms with Gasteiger partial charge in [-0.05, 0) is 32.6 Å². The number of aliphatic hydroxyl groups is 1. The van der Waals surface area contributed by atoms with Crippen molar-refractivity contribution in [2.45, 2.75) is 57.1 Å². The van der Waals surface area contributed by atoms with Crippen LogP contribution in [0.2, 0.25) is 0 Å². The number of hydrogen-bond acceptors (Lipinski definition) is 8. The Labute approximate surface area is 159 Å². The monoisotopic (exact) mass is 404 g/mol. The fraction of sp³-hybridized carbons (Fsp3) is 0.824. The van der Waals surface area contributed by atoms with Gasteiger partial charge in [-0.2, -0.15) is 0 Å². The third-order valence-corrected chi connectivity index (χ3v) is 8.98. The number of aromatic nitrogens is 2. The first-order chi connectivity index (χ1) is 12.0. The fourth-order valence-electron chi connectivity index (χ4n) is 2.62. The van der Waals surface area contributed by atoms with E-state index in [-0.39, 0.29) is 30.5 Å². The Kier molecular flexibility index (Phi) is 6.58. The van der Waals surface area contributed by atoms with Crippen LogP contribution in [0.25, 0.3) is 0 Å². The second kappa shape index (κ2) is 8.00. The van der Waals surface area contributed by atoms with Gasteiger partial charge in [0.2, 0.25) is 0 Å². The zero-order valence-corrected chi connectivity index (χ0v) is 17.5. The van der Waals surface area contributed by atoms with Crippen molar-refractivity contribution in [2.24, 2.45) is 5.92 Å². The average molecular weight is 405 g/mol. The molecule has 0 aromatic carbocycles. The number of hydrogen-bond donors (Lipinski definition) is 1. The molecule has 2 heterocycles. The van der Waals surface area contributed by atoms with Crippen molar-refractivity contribution in [1.82, 2.24) is 10.2 Å². The van der Waals surface area contributed by atoms with E-state index < -0.39 is 20.0 Å². The molecule has 1 aliphatic rings.